The van der Waals surface area contributed by atoms with Gasteiger partial charge < -0.3 is 5.32 Å². The van der Waals surface area contributed by atoms with Crippen LogP contribution in [0.1, 0.15) is 44.2 Å². The lowest BCUT2D eigenvalue weighted by Gasteiger charge is -2.20. The molecule has 3 fully saturated rings. The van der Waals surface area contributed by atoms with Gasteiger partial charge in [0.25, 0.3) is 5.69 Å². The van der Waals surface area contributed by atoms with E-state index in [0.717, 1.165) is 35.7 Å². The summed E-state index contributed by atoms with van der Waals surface area (Å²) >= 11 is 0. The highest BCUT2D eigenvalue weighted by Gasteiger charge is 2.64. The van der Waals surface area contributed by atoms with E-state index >= 15 is 0 Å². The summed E-state index contributed by atoms with van der Waals surface area (Å²) in [7, 11) is 0. The number of benzene rings is 1. The zero-order valence-corrected chi connectivity index (χ0v) is 12.4. The van der Waals surface area contributed by atoms with Gasteiger partial charge in [-0.2, -0.15) is 0 Å². The van der Waals surface area contributed by atoms with Crippen LogP contribution >= 0.6 is 0 Å². The Morgan fingerprint density at radius 3 is 2.67 bits per heavy atom. The molecule has 3 aliphatic rings. The normalized spacial score (nSPS) is 37.3. The predicted octanol–water partition coefficient (Wildman–Crippen LogP) is 3.68. The molecule has 0 amide bonds. The molecule has 4 heteroatoms. The maximum Gasteiger partial charge on any atom is 0.269 e. The Hall–Kier alpha value is -1.42. The third-order valence-corrected chi connectivity index (χ3v) is 6.02. The van der Waals surface area contributed by atoms with Crippen LogP contribution in [0.4, 0.5) is 5.69 Å². The van der Waals surface area contributed by atoms with E-state index in [9.17, 15) is 10.1 Å². The molecule has 5 atom stereocenters. The maximum atomic E-state index is 10.9. The Morgan fingerprint density at radius 2 is 2.05 bits per heavy atom. The van der Waals surface area contributed by atoms with E-state index in [4.69, 9.17) is 0 Å². The zero-order chi connectivity index (χ0) is 14.6. The van der Waals surface area contributed by atoms with Crippen molar-refractivity contribution in [3.8, 4) is 0 Å². The first-order valence-electron chi connectivity index (χ1n) is 8.19. The highest BCUT2D eigenvalue weighted by molar-refractivity contribution is 5.36. The summed E-state index contributed by atoms with van der Waals surface area (Å²) in [6.07, 6.45) is 5.29. The fourth-order valence-electron chi connectivity index (χ4n) is 5.09. The van der Waals surface area contributed by atoms with E-state index < -0.39 is 0 Å². The molecular weight excluding hydrogens is 264 g/mol. The van der Waals surface area contributed by atoms with E-state index in [1.807, 2.05) is 6.07 Å². The van der Waals surface area contributed by atoms with Gasteiger partial charge in [-0.1, -0.05) is 19.1 Å². The van der Waals surface area contributed by atoms with Crippen molar-refractivity contribution in [1.29, 1.82) is 0 Å². The molecule has 0 radical (unpaired) electrons. The van der Waals surface area contributed by atoms with E-state index in [0.29, 0.717) is 6.04 Å². The average Bonchev–Trinajstić information content (AvgIpc) is 2.88. The molecule has 3 aliphatic carbocycles. The number of hydrogen-bond donors (Lipinski definition) is 1. The van der Waals surface area contributed by atoms with Crippen LogP contribution in [0.15, 0.2) is 24.3 Å². The fraction of sp³-hybridized carbons (Fsp3) is 0.647. The summed E-state index contributed by atoms with van der Waals surface area (Å²) in [6.45, 7) is 2.16. The highest BCUT2D eigenvalue weighted by atomic mass is 16.6. The lowest BCUT2D eigenvalue weighted by Crippen LogP contribution is -2.27. The summed E-state index contributed by atoms with van der Waals surface area (Å²) in [5, 5.41) is 14.7. The minimum absolute atomic E-state index is 0.198. The predicted molar refractivity (Wildman–Crippen MR) is 80.9 cm³/mol. The average molecular weight is 286 g/mol. The van der Waals surface area contributed by atoms with Crippen molar-refractivity contribution in [3.63, 3.8) is 0 Å². The third kappa shape index (κ3) is 2.08. The van der Waals surface area contributed by atoms with E-state index in [-0.39, 0.29) is 16.7 Å². The second-order valence-corrected chi connectivity index (χ2v) is 6.99. The van der Waals surface area contributed by atoms with Gasteiger partial charge in [0, 0.05) is 24.2 Å². The SMILES string of the molecule is CCC(NC1C2C3CCC(C3)C12)c1cccc([N+](=O)[O-])c1. The smallest absolute Gasteiger partial charge is 0.269 e. The monoisotopic (exact) mass is 286 g/mol. The molecule has 0 aliphatic heterocycles. The van der Waals surface area contributed by atoms with Gasteiger partial charge in [-0.25, -0.2) is 0 Å². The second kappa shape index (κ2) is 4.80. The van der Waals surface area contributed by atoms with Crippen molar-refractivity contribution < 1.29 is 4.92 Å². The molecule has 0 aromatic heterocycles. The van der Waals surface area contributed by atoms with Crippen molar-refractivity contribution in [2.45, 2.75) is 44.7 Å². The quantitative estimate of drug-likeness (QED) is 0.663. The molecule has 21 heavy (non-hydrogen) atoms. The van der Waals surface area contributed by atoms with Gasteiger partial charge in [-0.15, -0.1) is 0 Å². The van der Waals surface area contributed by atoms with Gasteiger partial charge in [0.15, 0.2) is 0 Å². The molecular formula is C17H22N2O2. The summed E-state index contributed by atoms with van der Waals surface area (Å²) < 4.78 is 0. The van der Waals surface area contributed by atoms with Crippen LogP contribution in [0, 0.1) is 33.8 Å². The lowest BCUT2D eigenvalue weighted by atomic mass is 10.0. The second-order valence-electron chi connectivity index (χ2n) is 6.99. The molecule has 1 N–H and O–H groups in total. The Kier molecular flexibility index (Phi) is 3.03. The maximum absolute atomic E-state index is 10.9. The number of nitro groups is 1. The Labute approximate surface area is 125 Å². The van der Waals surface area contributed by atoms with Crippen molar-refractivity contribution in [2.24, 2.45) is 23.7 Å². The molecule has 0 heterocycles. The number of fused-ring (bicyclic) bond motifs is 5. The summed E-state index contributed by atoms with van der Waals surface area (Å²) in [6, 6.07) is 8.03. The number of nitro benzene ring substituents is 1. The van der Waals surface area contributed by atoms with Crippen molar-refractivity contribution in [3.05, 3.63) is 39.9 Å². The van der Waals surface area contributed by atoms with E-state index in [1.165, 1.54) is 19.3 Å². The van der Waals surface area contributed by atoms with Crippen LogP contribution < -0.4 is 5.32 Å². The van der Waals surface area contributed by atoms with Crippen LogP contribution in [-0.2, 0) is 0 Å². The molecule has 1 aromatic carbocycles. The van der Waals surface area contributed by atoms with E-state index in [1.54, 1.807) is 18.2 Å². The van der Waals surface area contributed by atoms with Gasteiger partial charge in [0.2, 0.25) is 0 Å². The number of rotatable bonds is 5. The van der Waals surface area contributed by atoms with Crippen molar-refractivity contribution in [2.75, 3.05) is 0 Å². The van der Waals surface area contributed by atoms with Crippen molar-refractivity contribution in [1.82, 2.24) is 5.32 Å². The van der Waals surface area contributed by atoms with Crippen LogP contribution in [0.5, 0.6) is 0 Å². The first kappa shape index (κ1) is 13.3. The molecule has 4 rings (SSSR count). The van der Waals surface area contributed by atoms with Crippen molar-refractivity contribution >= 4 is 5.69 Å². The van der Waals surface area contributed by atoms with Gasteiger partial charge in [0.05, 0.1) is 4.92 Å². The number of non-ortho nitro benzene ring substituents is 1. The lowest BCUT2D eigenvalue weighted by molar-refractivity contribution is -0.384. The fourth-order valence-corrected chi connectivity index (χ4v) is 5.09. The topological polar surface area (TPSA) is 55.2 Å². The number of nitrogens with one attached hydrogen (secondary N) is 1. The Balaban J connectivity index is 1.48. The molecule has 0 spiro atoms. The van der Waals surface area contributed by atoms with Crippen LogP contribution in [0.2, 0.25) is 0 Å². The molecule has 1 aromatic rings. The van der Waals surface area contributed by atoms with Crippen LogP contribution in [-0.4, -0.2) is 11.0 Å². The zero-order valence-electron chi connectivity index (χ0n) is 12.4. The van der Waals surface area contributed by atoms with Gasteiger partial charge in [-0.3, -0.25) is 10.1 Å². The summed E-state index contributed by atoms with van der Waals surface area (Å²) in [4.78, 5) is 10.6. The minimum Gasteiger partial charge on any atom is -0.307 e. The molecule has 0 saturated heterocycles. The molecule has 5 unspecified atom stereocenters. The van der Waals surface area contributed by atoms with Gasteiger partial charge in [-0.05, 0) is 54.9 Å². The summed E-state index contributed by atoms with van der Waals surface area (Å²) in [5.74, 6) is 3.72. The molecule has 4 nitrogen and oxygen atoms in total. The van der Waals surface area contributed by atoms with Crippen LogP contribution in [0.3, 0.4) is 0 Å². The van der Waals surface area contributed by atoms with Gasteiger partial charge in [0.1, 0.15) is 0 Å². The Morgan fingerprint density at radius 1 is 1.33 bits per heavy atom. The number of hydrogen-bond acceptors (Lipinski definition) is 3. The number of nitrogens with zero attached hydrogens (tertiary/aromatic N) is 1. The largest absolute Gasteiger partial charge is 0.307 e. The third-order valence-electron chi connectivity index (χ3n) is 6.02. The standard InChI is InChI=1S/C17H22N2O2/c1-2-14(10-4-3-5-13(9-10)19(20)21)18-17-15-11-6-7-12(8-11)16(15)17/h3-5,9,11-12,14-18H,2,6-8H2,1H3. The van der Waals surface area contributed by atoms with Crippen LogP contribution in [0.25, 0.3) is 0 Å². The summed E-state index contributed by atoms with van der Waals surface area (Å²) in [5.41, 5.74) is 1.26. The van der Waals surface area contributed by atoms with E-state index in [2.05, 4.69) is 12.2 Å². The first-order chi connectivity index (χ1) is 10.2. The minimum atomic E-state index is -0.303. The molecule has 3 saturated carbocycles. The first-order valence-corrected chi connectivity index (χ1v) is 8.19. The van der Waals surface area contributed by atoms with Gasteiger partial charge >= 0.3 is 0 Å². The molecule has 2 bridgehead atoms. The molecule has 112 valence electrons. The highest BCUT2D eigenvalue weighted by Crippen LogP contribution is 2.66. The Bertz CT molecular complexity index is 558.